The molecule has 0 saturated carbocycles. The third kappa shape index (κ3) is 3.27. The summed E-state index contributed by atoms with van der Waals surface area (Å²) < 4.78 is 0. The number of aliphatic imine (C=N–C) groups is 1. The van der Waals surface area contributed by atoms with Gasteiger partial charge in [0.25, 0.3) is 0 Å². The molecule has 0 rings (SSSR count). The monoisotopic (exact) mass is 159 g/mol. The Morgan fingerprint density at radius 2 is 2.30 bits per heavy atom. The van der Waals surface area contributed by atoms with Gasteiger partial charge in [0.1, 0.15) is 5.17 Å². The molecule has 4 N–H and O–H groups in total. The van der Waals surface area contributed by atoms with Crippen molar-refractivity contribution >= 4 is 16.8 Å². The zero-order chi connectivity index (χ0) is 7.98. The Balaban J connectivity index is 4.05. The van der Waals surface area contributed by atoms with Gasteiger partial charge in [0.2, 0.25) is 0 Å². The topological polar surface area (TPSA) is 64.4 Å². The van der Waals surface area contributed by atoms with Crippen molar-refractivity contribution in [2.24, 2.45) is 16.5 Å². The minimum atomic E-state index is 0.296. The van der Waals surface area contributed by atoms with Gasteiger partial charge in [-0.15, -0.1) is 0 Å². The van der Waals surface area contributed by atoms with Crippen molar-refractivity contribution in [3.8, 4) is 0 Å². The van der Waals surface area contributed by atoms with Crippen LogP contribution in [0, 0.1) is 0 Å². The fourth-order valence-corrected chi connectivity index (χ4v) is 0.417. The minimum absolute atomic E-state index is 0.296. The molecule has 0 aromatic carbocycles. The molecule has 0 atom stereocenters. The van der Waals surface area contributed by atoms with Gasteiger partial charge in [-0.3, -0.25) is 0 Å². The molecule has 0 aliphatic heterocycles. The number of halogens is 1. The molecular weight excluding hydrogens is 150 g/mol. The van der Waals surface area contributed by atoms with E-state index in [2.05, 4.69) is 11.6 Å². The second kappa shape index (κ2) is 5.02. The highest BCUT2D eigenvalue weighted by atomic mass is 35.5. The first-order valence-electron chi connectivity index (χ1n) is 2.70. The molecule has 0 aromatic heterocycles. The molecule has 0 bridgehead atoms. The van der Waals surface area contributed by atoms with E-state index in [4.69, 9.17) is 23.1 Å². The number of hydrogen-bond acceptors (Lipinski definition) is 3. The van der Waals surface area contributed by atoms with Gasteiger partial charge in [-0.05, 0) is 5.57 Å². The standard InChI is InChI=1S/C6H10ClN3/c1-5(4-9)6(7)10-3-2-8/h2-3H,1,4,8-9H2/b3-2-,10-6?. The van der Waals surface area contributed by atoms with E-state index < -0.39 is 0 Å². The predicted octanol–water partition coefficient (Wildman–Crippen LogP) is 0.569. The van der Waals surface area contributed by atoms with Crippen molar-refractivity contribution in [1.82, 2.24) is 0 Å². The maximum atomic E-state index is 5.57. The Labute approximate surface area is 65.1 Å². The molecule has 0 radical (unpaired) electrons. The fraction of sp³-hybridized carbons (Fsp3) is 0.167. The average Bonchev–Trinajstić information content (AvgIpc) is 1.98. The summed E-state index contributed by atoms with van der Waals surface area (Å²) in [6, 6.07) is 0. The summed E-state index contributed by atoms with van der Waals surface area (Å²) in [5, 5.41) is 0.296. The van der Waals surface area contributed by atoms with E-state index in [1.165, 1.54) is 12.4 Å². The Bertz CT molecular complexity index is 172. The Kier molecular flexibility index (Phi) is 4.62. The lowest BCUT2D eigenvalue weighted by molar-refractivity contribution is 1.22. The third-order valence-electron chi connectivity index (χ3n) is 0.812. The number of nitrogens with two attached hydrogens (primary N) is 2. The SMILES string of the molecule is C=C(CN)C(Cl)=N/C=C\N. The van der Waals surface area contributed by atoms with Crippen LogP contribution in [0.5, 0.6) is 0 Å². The summed E-state index contributed by atoms with van der Waals surface area (Å²) in [7, 11) is 0. The zero-order valence-electron chi connectivity index (χ0n) is 5.55. The molecule has 0 saturated heterocycles. The highest BCUT2D eigenvalue weighted by molar-refractivity contribution is 6.69. The summed E-state index contributed by atoms with van der Waals surface area (Å²) in [6.45, 7) is 3.87. The maximum Gasteiger partial charge on any atom is 0.132 e. The van der Waals surface area contributed by atoms with Gasteiger partial charge in [-0.25, -0.2) is 4.99 Å². The summed E-state index contributed by atoms with van der Waals surface area (Å²) in [5.74, 6) is 0. The number of nitrogens with zero attached hydrogens (tertiary/aromatic N) is 1. The molecule has 0 aliphatic rings. The number of hydrogen-bond donors (Lipinski definition) is 2. The van der Waals surface area contributed by atoms with Crippen LogP contribution in [0.15, 0.2) is 29.5 Å². The van der Waals surface area contributed by atoms with E-state index in [1.54, 1.807) is 0 Å². The first-order valence-corrected chi connectivity index (χ1v) is 3.08. The first-order chi connectivity index (χ1) is 4.72. The van der Waals surface area contributed by atoms with Crippen molar-refractivity contribution in [1.29, 1.82) is 0 Å². The molecule has 56 valence electrons. The van der Waals surface area contributed by atoms with E-state index in [-0.39, 0.29) is 0 Å². The van der Waals surface area contributed by atoms with E-state index in [0.717, 1.165) is 0 Å². The summed E-state index contributed by atoms with van der Waals surface area (Å²) in [4.78, 5) is 3.71. The second-order valence-electron chi connectivity index (χ2n) is 1.57. The van der Waals surface area contributed by atoms with Crippen LogP contribution in [-0.2, 0) is 0 Å². The van der Waals surface area contributed by atoms with Gasteiger partial charge in [0.15, 0.2) is 0 Å². The highest BCUT2D eigenvalue weighted by Crippen LogP contribution is 1.97. The Morgan fingerprint density at radius 1 is 1.70 bits per heavy atom. The molecule has 0 amide bonds. The molecule has 10 heavy (non-hydrogen) atoms. The lowest BCUT2D eigenvalue weighted by Gasteiger charge is -1.94. The molecule has 3 nitrogen and oxygen atoms in total. The minimum Gasteiger partial charge on any atom is -0.403 e. The van der Waals surface area contributed by atoms with Crippen LogP contribution in [0.3, 0.4) is 0 Å². The van der Waals surface area contributed by atoms with Crippen LogP contribution in [0.1, 0.15) is 0 Å². The molecule has 0 aliphatic carbocycles. The smallest absolute Gasteiger partial charge is 0.132 e. The lowest BCUT2D eigenvalue weighted by Crippen LogP contribution is -2.06. The van der Waals surface area contributed by atoms with Crippen LogP contribution in [0.2, 0.25) is 0 Å². The first kappa shape index (κ1) is 9.20. The fourth-order valence-electron chi connectivity index (χ4n) is 0.284. The van der Waals surface area contributed by atoms with Gasteiger partial charge >= 0.3 is 0 Å². The van der Waals surface area contributed by atoms with E-state index >= 15 is 0 Å². The quantitative estimate of drug-likeness (QED) is 0.592. The predicted molar refractivity (Wildman–Crippen MR) is 44.8 cm³/mol. The second-order valence-corrected chi connectivity index (χ2v) is 1.93. The molecular formula is C6H10ClN3. The summed E-state index contributed by atoms with van der Waals surface area (Å²) in [5.41, 5.74) is 10.8. The molecule has 0 spiro atoms. The van der Waals surface area contributed by atoms with Crippen molar-refractivity contribution < 1.29 is 0 Å². The van der Waals surface area contributed by atoms with E-state index in [1.807, 2.05) is 0 Å². The van der Waals surface area contributed by atoms with Crippen molar-refractivity contribution in [2.75, 3.05) is 6.54 Å². The van der Waals surface area contributed by atoms with Crippen molar-refractivity contribution in [2.45, 2.75) is 0 Å². The van der Waals surface area contributed by atoms with Gasteiger partial charge in [-0.1, -0.05) is 18.2 Å². The van der Waals surface area contributed by atoms with Gasteiger partial charge in [-0.2, -0.15) is 0 Å². The van der Waals surface area contributed by atoms with Gasteiger partial charge in [0, 0.05) is 18.9 Å². The van der Waals surface area contributed by atoms with E-state index in [9.17, 15) is 0 Å². The summed E-state index contributed by atoms with van der Waals surface area (Å²) >= 11 is 5.57. The average molecular weight is 160 g/mol. The summed E-state index contributed by atoms with van der Waals surface area (Å²) in [6.07, 6.45) is 2.66. The molecule has 0 unspecified atom stereocenters. The highest BCUT2D eigenvalue weighted by Gasteiger charge is 1.94. The number of rotatable bonds is 3. The molecule has 0 fully saturated rings. The van der Waals surface area contributed by atoms with Crippen LogP contribution < -0.4 is 11.5 Å². The van der Waals surface area contributed by atoms with Crippen molar-refractivity contribution in [3.05, 3.63) is 24.6 Å². The third-order valence-corrected chi connectivity index (χ3v) is 1.18. The maximum absolute atomic E-state index is 5.57. The van der Waals surface area contributed by atoms with Crippen LogP contribution >= 0.6 is 11.6 Å². The van der Waals surface area contributed by atoms with Gasteiger partial charge < -0.3 is 11.5 Å². The van der Waals surface area contributed by atoms with Gasteiger partial charge in [0.05, 0.1) is 0 Å². The Hall–Kier alpha value is -0.800. The Morgan fingerprint density at radius 3 is 2.70 bits per heavy atom. The molecule has 0 heterocycles. The van der Waals surface area contributed by atoms with Crippen molar-refractivity contribution in [3.63, 3.8) is 0 Å². The van der Waals surface area contributed by atoms with Crippen LogP contribution in [0.25, 0.3) is 0 Å². The molecule has 4 heteroatoms. The van der Waals surface area contributed by atoms with Crippen LogP contribution in [0.4, 0.5) is 0 Å². The zero-order valence-corrected chi connectivity index (χ0v) is 6.30. The molecule has 0 aromatic rings. The largest absolute Gasteiger partial charge is 0.403 e. The van der Waals surface area contributed by atoms with E-state index in [0.29, 0.717) is 17.3 Å². The lowest BCUT2D eigenvalue weighted by atomic mass is 10.3. The normalized spacial score (nSPS) is 12.4. The van der Waals surface area contributed by atoms with Crippen LogP contribution in [-0.4, -0.2) is 11.7 Å².